The number of rotatable bonds is 16. The first-order valence-electron chi connectivity index (χ1n) is 9.51. The van der Waals surface area contributed by atoms with Crippen molar-refractivity contribution in [2.45, 2.75) is 97.3 Å². The molecular weight excluding hydrogens is 276 g/mol. The maximum absolute atomic E-state index is 11.4. The molecule has 3 nitrogen and oxygen atoms in total. The Morgan fingerprint density at radius 3 is 1.82 bits per heavy atom. The smallest absolute Gasteiger partial charge is 0.306 e. The number of esters is 1. The van der Waals surface area contributed by atoms with Crippen LogP contribution in [0.2, 0.25) is 0 Å². The largest absolute Gasteiger partial charge is 0.466 e. The molecule has 0 radical (unpaired) electrons. The van der Waals surface area contributed by atoms with Gasteiger partial charge in [0.25, 0.3) is 0 Å². The molecule has 1 N–H and O–H groups in total. The molecule has 0 heterocycles. The van der Waals surface area contributed by atoms with E-state index in [-0.39, 0.29) is 18.5 Å². The van der Waals surface area contributed by atoms with Gasteiger partial charge in [-0.15, -0.1) is 0 Å². The number of ether oxygens (including phenoxy) is 1. The molecule has 132 valence electrons. The summed E-state index contributed by atoms with van der Waals surface area (Å²) in [6, 6.07) is 0. The van der Waals surface area contributed by atoms with Crippen LogP contribution in [0, 0.1) is 5.92 Å². The molecule has 3 heteroatoms. The van der Waals surface area contributed by atoms with E-state index < -0.39 is 0 Å². The molecule has 0 saturated carbocycles. The van der Waals surface area contributed by atoms with Crippen molar-refractivity contribution in [3.05, 3.63) is 0 Å². The summed E-state index contributed by atoms with van der Waals surface area (Å²) in [6.45, 7) is 4.59. The minimum Gasteiger partial charge on any atom is -0.466 e. The van der Waals surface area contributed by atoms with Gasteiger partial charge in [-0.3, -0.25) is 4.79 Å². The molecule has 0 aromatic carbocycles. The Labute approximate surface area is 137 Å². The number of carbonyl (C=O) groups excluding carboxylic acids is 1. The highest BCUT2D eigenvalue weighted by molar-refractivity contribution is 5.69. The van der Waals surface area contributed by atoms with Gasteiger partial charge in [0.15, 0.2) is 0 Å². The lowest BCUT2D eigenvalue weighted by molar-refractivity contribution is -0.144. The molecule has 0 aliphatic carbocycles. The van der Waals surface area contributed by atoms with Crippen molar-refractivity contribution in [1.82, 2.24) is 0 Å². The molecule has 22 heavy (non-hydrogen) atoms. The summed E-state index contributed by atoms with van der Waals surface area (Å²) < 4.78 is 4.93. The molecule has 0 spiro atoms. The number of carbonyl (C=O) groups is 1. The molecule has 0 bridgehead atoms. The zero-order valence-electron chi connectivity index (χ0n) is 14.9. The summed E-state index contributed by atoms with van der Waals surface area (Å²) in [7, 11) is 0. The van der Waals surface area contributed by atoms with Crippen LogP contribution >= 0.6 is 0 Å². The van der Waals surface area contributed by atoms with Crippen molar-refractivity contribution in [3.8, 4) is 0 Å². The van der Waals surface area contributed by atoms with Crippen molar-refractivity contribution in [2.24, 2.45) is 5.92 Å². The third-order valence-electron chi connectivity index (χ3n) is 4.23. The van der Waals surface area contributed by atoms with Gasteiger partial charge in [0.1, 0.15) is 0 Å². The lowest BCUT2D eigenvalue weighted by Crippen LogP contribution is -2.14. The average Bonchev–Trinajstić information content (AvgIpc) is 2.51. The van der Waals surface area contributed by atoms with E-state index in [1.165, 1.54) is 64.2 Å². The van der Waals surface area contributed by atoms with Crippen molar-refractivity contribution in [1.29, 1.82) is 0 Å². The van der Waals surface area contributed by atoms with Gasteiger partial charge < -0.3 is 9.84 Å². The fourth-order valence-electron chi connectivity index (χ4n) is 2.81. The van der Waals surface area contributed by atoms with Crippen molar-refractivity contribution in [2.75, 3.05) is 13.2 Å². The predicted molar refractivity (Wildman–Crippen MR) is 92.9 cm³/mol. The summed E-state index contributed by atoms with van der Waals surface area (Å²) in [6.07, 6.45) is 15.9. The molecule has 1 unspecified atom stereocenters. The summed E-state index contributed by atoms with van der Waals surface area (Å²) in [5.41, 5.74) is 0. The van der Waals surface area contributed by atoms with E-state index in [2.05, 4.69) is 6.92 Å². The van der Waals surface area contributed by atoms with Gasteiger partial charge in [0.2, 0.25) is 0 Å². The highest BCUT2D eigenvalue weighted by atomic mass is 16.5. The molecule has 0 fully saturated rings. The highest BCUT2D eigenvalue weighted by Gasteiger charge is 2.13. The zero-order chi connectivity index (χ0) is 16.5. The van der Waals surface area contributed by atoms with Gasteiger partial charge in [-0.25, -0.2) is 0 Å². The highest BCUT2D eigenvalue weighted by Crippen LogP contribution is 2.16. The average molecular weight is 315 g/mol. The van der Waals surface area contributed by atoms with E-state index in [4.69, 9.17) is 4.74 Å². The van der Waals surface area contributed by atoms with Crippen LogP contribution in [0.5, 0.6) is 0 Å². The third kappa shape index (κ3) is 14.4. The van der Waals surface area contributed by atoms with Gasteiger partial charge in [-0.1, -0.05) is 77.6 Å². The van der Waals surface area contributed by atoms with Gasteiger partial charge in [0.05, 0.1) is 13.0 Å². The normalized spacial score (nSPS) is 12.3. The van der Waals surface area contributed by atoms with Crippen LogP contribution < -0.4 is 0 Å². The van der Waals surface area contributed by atoms with Crippen LogP contribution in [0.25, 0.3) is 0 Å². The van der Waals surface area contributed by atoms with E-state index in [1.807, 2.05) is 6.92 Å². The lowest BCUT2D eigenvalue weighted by Gasteiger charge is -2.12. The van der Waals surface area contributed by atoms with E-state index in [0.717, 1.165) is 12.8 Å². The summed E-state index contributed by atoms with van der Waals surface area (Å²) >= 11 is 0. The molecule has 0 aliphatic heterocycles. The molecule has 0 amide bonds. The molecular formula is C19H38O3. The Kier molecular flexibility index (Phi) is 16.4. The Bertz CT molecular complexity index is 241. The van der Waals surface area contributed by atoms with E-state index in [0.29, 0.717) is 13.0 Å². The first kappa shape index (κ1) is 21.4. The molecule has 0 aromatic rings. The topological polar surface area (TPSA) is 46.5 Å². The molecule has 0 rings (SSSR count). The van der Waals surface area contributed by atoms with Gasteiger partial charge in [-0.05, 0) is 19.3 Å². The maximum atomic E-state index is 11.4. The summed E-state index contributed by atoms with van der Waals surface area (Å²) in [4.78, 5) is 11.4. The fraction of sp³-hybridized carbons (Fsp3) is 0.947. The van der Waals surface area contributed by atoms with Crippen LogP contribution in [0.15, 0.2) is 0 Å². The minimum absolute atomic E-state index is 0.0811. The Morgan fingerprint density at radius 2 is 1.36 bits per heavy atom. The van der Waals surface area contributed by atoms with Crippen LogP contribution in [0.3, 0.4) is 0 Å². The number of aliphatic hydroxyl groups excluding tert-OH is 1. The summed E-state index contributed by atoms with van der Waals surface area (Å²) in [5, 5.41) is 9.30. The second-order valence-electron chi connectivity index (χ2n) is 6.38. The quantitative estimate of drug-likeness (QED) is 0.313. The van der Waals surface area contributed by atoms with Crippen molar-refractivity contribution >= 4 is 5.97 Å². The number of unbranched alkanes of at least 4 members (excludes halogenated alkanes) is 10. The van der Waals surface area contributed by atoms with E-state index >= 15 is 0 Å². The molecule has 0 aliphatic rings. The van der Waals surface area contributed by atoms with Crippen LogP contribution in [0.4, 0.5) is 0 Å². The number of hydrogen-bond acceptors (Lipinski definition) is 3. The first-order valence-corrected chi connectivity index (χ1v) is 9.51. The second kappa shape index (κ2) is 16.8. The Balaban J connectivity index is 3.34. The SMILES string of the molecule is CCCCCCCCCCCCCC(CO)CC(=O)OCC. The molecule has 0 saturated heterocycles. The Hall–Kier alpha value is -0.570. The van der Waals surface area contributed by atoms with Gasteiger partial charge >= 0.3 is 5.97 Å². The van der Waals surface area contributed by atoms with Crippen LogP contribution in [-0.4, -0.2) is 24.3 Å². The molecule has 0 aromatic heterocycles. The van der Waals surface area contributed by atoms with Gasteiger partial charge in [-0.2, -0.15) is 0 Å². The first-order chi connectivity index (χ1) is 10.7. The molecule has 1 atom stereocenters. The van der Waals surface area contributed by atoms with E-state index in [1.54, 1.807) is 0 Å². The van der Waals surface area contributed by atoms with Crippen LogP contribution in [0.1, 0.15) is 97.3 Å². The minimum atomic E-state index is -0.176. The van der Waals surface area contributed by atoms with Crippen molar-refractivity contribution in [3.63, 3.8) is 0 Å². The maximum Gasteiger partial charge on any atom is 0.306 e. The number of aliphatic hydroxyl groups is 1. The number of hydrogen-bond donors (Lipinski definition) is 1. The third-order valence-corrected chi connectivity index (χ3v) is 4.23. The standard InChI is InChI=1S/C19H38O3/c1-3-5-6-7-8-9-10-11-12-13-14-15-18(17-20)16-19(21)22-4-2/h18,20H,3-17H2,1-2H3. The second-order valence-corrected chi connectivity index (χ2v) is 6.38. The van der Waals surface area contributed by atoms with E-state index in [9.17, 15) is 9.90 Å². The van der Waals surface area contributed by atoms with Gasteiger partial charge in [0, 0.05) is 6.61 Å². The monoisotopic (exact) mass is 314 g/mol. The lowest BCUT2D eigenvalue weighted by atomic mass is 9.97. The predicted octanol–water partition coefficient (Wildman–Crippen LogP) is 5.25. The van der Waals surface area contributed by atoms with Crippen LogP contribution in [-0.2, 0) is 9.53 Å². The summed E-state index contributed by atoms with van der Waals surface area (Å²) in [5.74, 6) is -0.0951. The zero-order valence-corrected chi connectivity index (χ0v) is 14.9. The Morgan fingerprint density at radius 1 is 0.864 bits per heavy atom. The fourth-order valence-corrected chi connectivity index (χ4v) is 2.81. The van der Waals surface area contributed by atoms with Crippen molar-refractivity contribution < 1.29 is 14.6 Å².